The Morgan fingerprint density at radius 3 is 3.21 bits per heavy atom. The zero-order valence-electron chi connectivity index (χ0n) is 8.79. The number of aryl methyl sites for hydroxylation is 1. The van der Waals surface area contributed by atoms with Crippen LogP contribution in [0.3, 0.4) is 0 Å². The summed E-state index contributed by atoms with van der Waals surface area (Å²) in [4.78, 5) is 2.40. The Hall–Kier alpha value is -0.870. The van der Waals surface area contributed by atoms with E-state index in [1.807, 2.05) is 13.0 Å². The minimum Gasteiger partial charge on any atom is -0.361 e. The molecule has 0 unspecified atom stereocenters. The summed E-state index contributed by atoms with van der Waals surface area (Å²) < 4.78 is 5.04. The summed E-state index contributed by atoms with van der Waals surface area (Å²) >= 11 is 0. The lowest BCUT2D eigenvalue weighted by molar-refractivity contribution is 0.194. The number of hydrogen-bond acceptors (Lipinski definition) is 4. The lowest BCUT2D eigenvalue weighted by atomic mass is 10.2. The lowest BCUT2D eigenvalue weighted by Crippen LogP contribution is -2.48. The first-order valence-corrected chi connectivity index (χ1v) is 5.12. The van der Waals surface area contributed by atoms with Crippen molar-refractivity contribution in [3.63, 3.8) is 0 Å². The number of aromatic nitrogens is 1. The number of nitrogens with zero attached hydrogens (tertiary/aromatic N) is 2. The van der Waals surface area contributed by atoms with E-state index in [0.29, 0.717) is 6.04 Å². The summed E-state index contributed by atoms with van der Waals surface area (Å²) in [7, 11) is 0. The Balaban J connectivity index is 1.90. The third kappa shape index (κ3) is 2.33. The Kier molecular flexibility index (Phi) is 2.84. The van der Waals surface area contributed by atoms with Crippen molar-refractivity contribution in [2.24, 2.45) is 0 Å². The average molecular weight is 195 g/mol. The van der Waals surface area contributed by atoms with Crippen LogP contribution in [0.5, 0.6) is 0 Å². The Labute approximate surface area is 84.3 Å². The average Bonchev–Trinajstić information content (AvgIpc) is 2.51. The molecule has 1 aromatic heterocycles. The standard InChI is InChI=1S/C10H17N3O/c1-8-6-13(4-3-11-8)7-10-5-9(2)14-12-10/h5,8,11H,3-4,6-7H2,1-2H3/t8-/m1/s1. The smallest absolute Gasteiger partial charge is 0.133 e. The van der Waals surface area contributed by atoms with Crippen molar-refractivity contribution in [1.29, 1.82) is 0 Å². The van der Waals surface area contributed by atoms with Gasteiger partial charge in [0.2, 0.25) is 0 Å². The Morgan fingerprint density at radius 1 is 1.71 bits per heavy atom. The van der Waals surface area contributed by atoms with E-state index in [0.717, 1.165) is 37.6 Å². The molecule has 1 aliphatic heterocycles. The summed E-state index contributed by atoms with van der Waals surface area (Å²) in [6.45, 7) is 8.29. The number of piperazine rings is 1. The van der Waals surface area contributed by atoms with Crippen molar-refractivity contribution in [2.45, 2.75) is 26.4 Å². The van der Waals surface area contributed by atoms with Crippen LogP contribution in [0.15, 0.2) is 10.6 Å². The van der Waals surface area contributed by atoms with Gasteiger partial charge in [-0.15, -0.1) is 0 Å². The zero-order chi connectivity index (χ0) is 9.97. The van der Waals surface area contributed by atoms with Crippen molar-refractivity contribution in [3.05, 3.63) is 17.5 Å². The van der Waals surface area contributed by atoms with Crippen molar-refractivity contribution in [2.75, 3.05) is 19.6 Å². The maximum absolute atomic E-state index is 5.04. The molecule has 0 bridgehead atoms. The summed E-state index contributed by atoms with van der Waals surface area (Å²) in [6, 6.07) is 2.59. The molecular weight excluding hydrogens is 178 g/mol. The molecule has 1 fully saturated rings. The monoisotopic (exact) mass is 195 g/mol. The quantitative estimate of drug-likeness (QED) is 0.757. The maximum atomic E-state index is 5.04. The Morgan fingerprint density at radius 2 is 2.57 bits per heavy atom. The molecule has 0 aliphatic carbocycles. The van der Waals surface area contributed by atoms with Gasteiger partial charge in [-0.3, -0.25) is 4.90 Å². The van der Waals surface area contributed by atoms with Crippen LogP contribution in [0.1, 0.15) is 18.4 Å². The van der Waals surface area contributed by atoms with Gasteiger partial charge in [0.15, 0.2) is 0 Å². The van der Waals surface area contributed by atoms with Crippen LogP contribution in [0, 0.1) is 6.92 Å². The molecule has 14 heavy (non-hydrogen) atoms. The van der Waals surface area contributed by atoms with E-state index < -0.39 is 0 Å². The molecular formula is C10H17N3O. The van der Waals surface area contributed by atoms with E-state index in [-0.39, 0.29) is 0 Å². The fourth-order valence-electron chi connectivity index (χ4n) is 1.88. The highest BCUT2D eigenvalue weighted by atomic mass is 16.5. The summed E-state index contributed by atoms with van der Waals surface area (Å²) in [6.07, 6.45) is 0. The molecule has 0 saturated carbocycles. The van der Waals surface area contributed by atoms with E-state index in [2.05, 4.69) is 22.3 Å². The molecule has 1 N–H and O–H groups in total. The van der Waals surface area contributed by atoms with E-state index in [9.17, 15) is 0 Å². The van der Waals surface area contributed by atoms with Gasteiger partial charge in [-0.2, -0.15) is 0 Å². The first kappa shape index (κ1) is 9.68. The summed E-state index contributed by atoms with van der Waals surface area (Å²) in [5.41, 5.74) is 1.04. The van der Waals surface area contributed by atoms with E-state index in [4.69, 9.17) is 4.52 Å². The van der Waals surface area contributed by atoms with E-state index >= 15 is 0 Å². The van der Waals surface area contributed by atoms with Crippen molar-refractivity contribution in [1.82, 2.24) is 15.4 Å². The molecule has 1 aromatic rings. The summed E-state index contributed by atoms with van der Waals surface area (Å²) in [5.74, 6) is 0.892. The molecule has 0 aromatic carbocycles. The molecule has 78 valence electrons. The van der Waals surface area contributed by atoms with E-state index in [1.54, 1.807) is 0 Å². The topological polar surface area (TPSA) is 41.3 Å². The van der Waals surface area contributed by atoms with Gasteiger partial charge in [0.1, 0.15) is 5.76 Å². The molecule has 0 spiro atoms. The second-order valence-corrected chi connectivity index (χ2v) is 4.02. The number of nitrogens with one attached hydrogen (secondary N) is 1. The third-order valence-electron chi connectivity index (χ3n) is 2.52. The number of hydrogen-bond donors (Lipinski definition) is 1. The van der Waals surface area contributed by atoms with Crippen LogP contribution < -0.4 is 5.32 Å². The lowest BCUT2D eigenvalue weighted by Gasteiger charge is -2.30. The van der Waals surface area contributed by atoms with Gasteiger partial charge in [0, 0.05) is 38.3 Å². The molecule has 2 rings (SSSR count). The van der Waals surface area contributed by atoms with Gasteiger partial charge in [0.05, 0.1) is 5.69 Å². The normalized spacial score (nSPS) is 24.0. The molecule has 0 radical (unpaired) electrons. The van der Waals surface area contributed by atoms with E-state index in [1.165, 1.54) is 0 Å². The van der Waals surface area contributed by atoms with Crippen LogP contribution in [-0.4, -0.2) is 35.7 Å². The molecule has 2 heterocycles. The van der Waals surface area contributed by atoms with Crippen molar-refractivity contribution in [3.8, 4) is 0 Å². The molecule has 0 amide bonds. The second kappa shape index (κ2) is 4.11. The first-order chi connectivity index (χ1) is 6.74. The van der Waals surface area contributed by atoms with Gasteiger partial charge < -0.3 is 9.84 Å². The highest BCUT2D eigenvalue weighted by Crippen LogP contribution is 2.07. The van der Waals surface area contributed by atoms with Crippen LogP contribution >= 0.6 is 0 Å². The van der Waals surface area contributed by atoms with Gasteiger partial charge in [-0.1, -0.05) is 5.16 Å². The molecule has 1 aliphatic rings. The fraction of sp³-hybridized carbons (Fsp3) is 0.700. The predicted molar refractivity (Wildman–Crippen MR) is 54.0 cm³/mol. The highest BCUT2D eigenvalue weighted by Gasteiger charge is 2.16. The highest BCUT2D eigenvalue weighted by molar-refractivity contribution is 5.03. The zero-order valence-corrected chi connectivity index (χ0v) is 8.79. The molecule has 1 saturated heterocycles. The van der Waals surface area contributed by atoms with Gasteiger partial charge in [-0.05, 0) is 13.8 Å². The van der Waals surface area contributed by atoms with Crippen LogP contribution in [0.25, 0.3) is 0 Å². The Bertz CT molecular complexity index is 297. The molecule has 4 heteroatoms. The van der Waals surface area contributed by atoms with Gasteiger partial charge in [-0.25, -0.2) is 0 Å². The van der Waals surface area contributed by atoms with Crippen molar-refractivity contribution >= 4 is 0 Å². The SMILES string of the molecule is Cc1cc(CN2CCN[C@H](C)C2)no1. The van der Waals surface area contributed by atoms with Crippen molar-refractivity contribution < 1.29 is 4.52 Å². The predicted octanol–water partition coefficient (Wildman–Crippen LogP) is 0.777. The van der Waals surface area contributed by atoms with Crippen LogP contribution in [-0.2, 0) is 6.54 Å². The summed E-state index contributed by atoms with van der Waals surface area (Å²) in [5, 5.41) is 7.42. The largest absolute Gasteiger partial charge is 0.361 e. The fourth-order valence-corrected chi connectivity index (χ4v) is 1.88. The second-order valence-electron chi connectivity index (χ2n) is 4.02. The first-order valence-electron chi connectivity index (χ1n) is 5.12. The molecule has 4 nitrogen and oxygen atoms in total. The van der Waals surface area contributed by atoms with Gasteiger partial charge in [0.25, 0.3) is 0 Å². The van der Waals surface area contributed by atoms with Crippen LogP contribution in [0.4, 0.5) is 0 Å². The molecule has 1 atom stereocenters. The van der Waals surface area contributed by atoms with Crippen LogP contribution in [0.2, 0.25) is 0 Å². The minimum atomic E-state index is 0.580. The minimum absolute atomic E-state index is 0.580. The van der Waals surface area contributed by atoms with Gasteiger partial charge >= 0.3 is 0 Å². The third-order valence-corrected chi connectivity index (χ3v) is 2.52. The number of rotatable bonds is 2. The maximum Gasteiger partial charge on any atom is 0.133 e.